The summed E-state index contributed by atoms with van der Waals surface area (Å²) in [5.41, 5.74) is 2.21. The van der Waals surface area contributed by atoms with Crippen LogP contribution in [0.15, 0.2) is 62.6 Å². The SMILES string of the molecule is CC(=O)c1c(C)oc2c1cc(NS(=O)(=O)c1ccc3c(c1)n(C)c(=O)n3C)c1ccccc12. The second-order valence-corrected chi connectivity index (χ2v) is 9.77. The van der Waals surface area contributed by atoms with Gasteiger partial charge in [0.2, 0.25) is 0 Å². The van der Waals surface area contributed by atoms with Crippen molar-refractivity contribution in [3.05, 3.63) is 70.3 Å². The summed E-state index contributed by atoms with van der Waals surface area (Å²) in [6.07, 6.45) is 0. The average molecular weight is 464 g/mol. The van der Waals surface area contributed by atoms with Crippen LogP contribution in [0.2, 0.25) is 0 Å². The van der Waals surface area contributed by atoms with Gasteiger partial charge in [0.15, 0.2) is 5.78 Å². The molecule has 0 amide bonds. The number of nitrogens with one attached hydrogen (secondary N) is 1. The predicted octanol–water partition coefficient (Wildman–Crippen LogP) is 4.09. The first-order valence-electron chi connectivity index (χ1n) is 10.2. The minimum absolute atomic E-state index is 0.0237. The summed E-state index contributed by atoms with van der Waals surface area (Å²) in [7, 11) is -0.767. The number of carbonyl (C=O) groups excluding carboxylic acids is 1. The highest BCUT2D eigenvalue weighted by Gasteiger charge is 2.22. The third-order valence-corrected chi connectivity index (χ3v) is 7.39. The van der Waals surface area contributed by atoms with Gasteiger partial charge in [-0.2, -0.15) is 0 Å². The number of fused-ring (bicyclic) bond motifs is 4. The molecule has 5 rings (SSSR count). The van der Waals surface area contributed by atoms with Gasteiger partial charge in [-0.05, 0) is 38.1 Å². The smallest absolute Gasteiger partial charge is 0.328 e. The Kier molecular flexibility index (Phi) is 4.51. The lowest BCUT2D eigenvalue weighted by atomic mass is 10.0. The van der Waals surface area contributed by atoms with Gasteiger partial charge < -0.3 is 4.42 Å². The van der Waals surface area contributed by atoms with Gasteiger partial charge in [-0.25, -0.2) is 13.2 Å². The molecule has 2 heterocycles. The van der Waals surface area contributed by atoms with Crippen molar-refractivity contribution >= 4 is 54.3 Å². The summed E-state index contributed by atoms with van der Waals surface area (Å²) in [4.78, 5) is 24.5. The molecule has 0 aliphatic heterocycles. The Balaban J connectivity index is 1.72. The van der Waals surface area contributed by atoms with Crippen LogP contribution in [0.4, 0.5) is 5.69 Å². The molecule has 0 saturated carbocycles. The summed E-state index contributed by atoms with van der Waals surface area (Å²) in [6.45, 7) is 3.17. The van der Waals surface area contributed by atoms with E-state index in [9.17, 15) is 18.0 Å². The van der Waals surface area contributed by atoms with Crippen molar-refractivity contribution in [2.45, 2.75) is 18.7 Å². The zero-order valence-electron chi connectivity index (χ0n) is 18.5. The molecule has 9 heteroatoms. The molecule has 5 aromatic rings. The van der Waals surface area contributed by atoms with Gasteiger partial charge in [-0.1, -0.05) is 24.3 Å². The summed E-state index contributed by atoms with van der Waals surface area (Å²) in [6, 6.07) is 13.4. The number of rotatable bonds is 4. The number of carbonyl (C=O) groups is 1. The number of nitrogens with zero attached hydrogens (tertiary/aromatic N) is 2. The van der Waals surface area contributed by atoms with E-state index in [2.05, 4.69) is 4.72 Å². The van der Waals surface area contributed by atoms with E-state index in [1.807, 2.05) is 12.1 Å². The van der Waals surface area contributed by atoms with Crippen LogP contribution in [0, 0.1) is 6.92 Å². The van der Waals surface area contributed by atoms with Crippen molar-refractivity contribution < 1.29 is 17.6 Å². The van der Waals surface area contributed by atoms with E-state index in [0.717, 1.165) is 0 Å². The van der Waals surface area contributed by atoms with E-state index in [1.165, 1.54) is 28.2 Å². The van der Waals surface area contributed by atoms with Gasteiger partial charge in [-0.15, -0.1) is 0 Å². The second kappa shape index (κ2) is 7.08. The highest BCUT2D eigenvalue weighted by atomic mass is 32.2. The van der Waals surface area contributed by atoms with Crippen LogP contribution >= 0.6 is 0 Å². The number of benzene rings is 3. The van der Waals surface area contributed by atoms with Crippen molar-refractivity contribution in [1.82, 2.24) is 9.13 Å². The molecule has 0 bridgehead atoms. The van der Waals surface area contributed by atoms with Crippen molar-refractivity contribution in [2.24, 2.45) is 14.1 Å². The number of anilines is 1. The van der Waals surface area contributed by atoms with Gasteiger partial charge >= 0.3 is 5.69 Å². The van der Waals surface area contributed by atoms with Crippen LogP contribution in [0.1, 0.15) is 23.0 Å². The number of hydrogen-bond donors (Lipinski definition) is 1. The van der Waals surface area contributed by atoms with Crippen LogP contribution in [-0.4, -0.2) is 23.3 Å². The molecule has 0 aliphatic carbocycles. The maximum atomic E-state index is 13.4. The molecule has 0 unspecified atom stereocenters. The van der Waals surface area contributed by atoms with E-state index >= 15 is 0 Å². The lowest BCUT2D eigenvalue weighted by Crippen LogP contribution is -2.19. The maximum Gasteiger partial charge on any atom is 0.328 e. The van der Waals surface area contributed by atoms with Crippen LogP contribution in [0.25, 0.3) is 32.8 Å². The molecule has 0 saturated heterocycles. The monoisotopic (exact) mass is 463 g/mol. The van der Waals surface area contributed by atoms with Gasteiger partial charge in [0.25, 0.3) is 10.0 Å². The summed E-state index contributed by atoms with van der Waals surface area (Å²) < 4.78 is 38.1. The average Bonchev–Trinajstić information content (AvgIpc) is 3.22. The summed E-state index contributed by atoms with van der Waals surface area (Å²) in [5.74, 6) is 0.323. The van der Waals surface area contributed by atoms with Crippen LogP contribution in [-0.2, 0) is 24.1 Å². The maximum absolute atomic E-state index is 13.4. The predicted molar refractivity (Wildman–Crippen MR) is 127 cm³/mol. The Labute approximate surface area is 189 Å². The minimum Gasteiger partial charge on any atom is -0.460 e. The Morgan fingerprint density at radius 3 is 2.30 bits per heavy atom. The molecule has 0 spiro atoms. The molecule has 0 aliphatic rings. The number of imidazole rings is 1. The molecule has 33 heavy (non-hydrogen) atoms. The third-order valence-electron chi connectivity index (χ3n) is 6.02. The van der Waals surface area contributed by atoms with Crippen molar-refractivity contribution in [3.8, 4) is 0 Å². The highest BCUT2D eigenvalue weighted by molar-refractivity contribution is 7.92. The number of ketones is 1. The number of sulfonamides is 1. The van der Waals surface area contributed by atoms with Gasteiger partial charge in [0.05, 0.1) is 27.2 Å². The molecule has 0 atom stereocenters. The third kappa shape index (κ3) is 3.07. The molecular formula is C24H21N3O5S. The van der Waals surface area contributed by atoms with Gasteiger partial charge in [-0.3, -0.25) is 18.7 Å². The largest absolute Gasteiger partial charge is 0.460 e. The van der Waals surface area contributed by atoms with Crippen molar-refractivity contribution in [2.75, 3.05) is 4.72 Å². The number of Topliss-reactive ketones (excluding diaryl/α,β-unsaturated/α-hetero) is 1. The van der Waals surface area contributed by atoms with E-state index in [0.29, 0.717) is 49.8 Å². The topological polar surface area (TPSA) is 103 Å². The minimum atomic E-state index is -4.00. The van der Waals surface area contributed by atoms with Crippen LogP contribution in [0.5, 0.6) is 0 Å². The van der Waals surface area contributed by atoms with Gasteiger partial charge in [0.1, 0.15) is 11.3 Å². The molecule has 8 nitrogen and oxygen atoms in total. The lowest BCUT2D eigenvalue weighted by molar-refractivity contribution is 0.101. The fraction of sp³-hybridized carbons (Fsp3) is 0.167. The standard InChI is InChI=1S/C24H21N3O5S/c1-13(28)22-14(2)32-23-17-8-6-5-7-16(17)19(12-18(22)23)25-33(30,31)15-9-10-20-21(11-15)27(4)24(29)26(20)3/h5-12,25H,1-4H3. The number of aromatic nitrogens is 2. The Bertz CT molecular complexity index is 1790. The lowest BCUT2D eigenvalue weighted by Gasteiger charge is -2.12. The molecule has 0 radical (unpaired) electrons. The van der Waals surface area contributed by atoms with Crippen molar-refractivity contribution in [3.63, 3.8) is 0 Å². The number of furan rings is 1. The Morgan fingerprint density at radius 2 is 1.61 bits per heavy atom. The van der Waals surface area contributed by atoms with Crippen molar-refractivity contribution in [1.29, 1.82) is 0 Å². The number of hydrogen-bond acceptors (Lipinski definition) is 5. The molecule has 2 aromatic heterocycles. The normalized spacial score (nSPS) is 12.1. The van der Waals surface area contributed by atoms with Crippen LogP contribution < -0.4 is 10.4 Å². The zero-order chi connectivity index (χ0) is 23.7. The summed E-state index contributed by atoms with van der Waals surface area (Å²) in [5, 5.41) is 1.90. The molecular weight excluding hydrogens is 442 g/mol. The first-order valence-corrected chi connectivity index (χ1v) is 11.7. The van der Waals surface area contributed by atoms with E-state index in [1.54, 1.807) is 45.3 Å². The molecule has 3 aromatic carbocycles. The molecule has 1 N–H and O–H groups in total. The van der Waals surface area contributed by atoms with Crippen LogP contribution in [0.3, 0.4) is 0 Å². The second-order valence-electron chi connectivity index (χ2n) is 8.09. The Hall–Kier alpha value is -3.85. The fourth-order valence-electron chi connectivity index (χ4n) is 4.42. The van der Waals surface area contributed by atoms with Gasteiger partial charge in [0, 0.05) is 30.3 Å². The molecule has 0 fully saturated rings. The molecule has 168 valence electrons. The fourth-order valence-corrected chi connectivity index (χ4v) is 5.51. The van der Waals surface area contributed by atoms with E-state index < -0.39 is 10.0 Å². The first-order chi connectivity index (χ1) is 15.6. The highest BCUT2D eigenvalue weighted by Crippen LogP contribution is 2.37. The summed E-state index contributed by atoms with van der Waals surface area (Å²) >= 11 is 0. The van der Waals surface area contributed by atoms with E-state index in [4.69, 9.17) is 4.42 Å². The first kappa shape index (κ1) is 21.0. The quantitative estimate of drug-likeness (QED) is 0.405. The number of aryl methyl sites for hydroxylation is 3. The van der Waals surface area contributed by atoms with E-state index in [-0.39, 0.29) is 16.4 Å². The Morgan fingerprint density at radius 1 is 0.939 bits per heavy atom. The zero-order valence-corrected chi connectivity index (χ0v) is 19.3.